The Hall–Kier alpha value is -0.540. The molecule has 1 aromatic carbocycles. The fraction of sp³-hybridized carbons (Fsp3) is 0.538. The summed E-state index contributed by atoms with van der Waals surface area (Å²) < 4.78 is 13.1. The number of hydrogen-bond acceptors (Lipinski definition) is 2. The van der Waals surface area contributed by atoms with Gasteiger partial charge in [-0.1, -0.05) is 32.9 Å². The lowest BCUT2D eigenvalue weighted by Gasteiger charge is -2.22. The summed E-state index contributed by atoms with van der Waals surface area (Å²) in [6.45, 7) is 7.12. The van der Waals surface area contributed by atoms with E-state index in [0.29, 0.717) is 17.7 Å². The van der Waals surface area contributed by atoms with E-state index in [9.17, 15) is 4.39 Å². The molecule has 0 aliphatic carbocycles. The van der Waals surface area contributed by atoms with Crippen LogP contribution in [0.4, 0.5) is 4.39 Å². The van der Waals surface area contributed by atoms with Gasteiger partial charge in [-0.3, -0.25) is 0 Å². The summed E-state index contributed by atoms with van der Waals surface area (Å²) in [5, 5.41) is 0.713. The Morgan fingerprint density at radius 3 is 2.50 bits per heavy atom. The van der Waals surface area contributed by atoms with E-state index < -0.39 is 0 Å². The topological polar surface area (TPSA) is 26.0 Å². The van der Waals surface area contributed by atoms with Crippen molar-refractivity contribution in [2.24, 2.45) is 11.7 Å². The Labute approximate surface area is 102 Å². The fourth-order valence-corrected chi connectivity index (χ4v) is 2.64. The highest BCUT2D eigenvalue weighted by molar-refractivity contribution is 8.00. The lowest BCUT2D eigenvalue weighted by Crippen LogP contribution is -2.15. The van der Waals surface area contributed by atoms with Crippen molar-refractivity contribution in [2.45, 2.75) is 31.3 Å². The Balaban J connectivity index is 2.74. The molecule has 1 nitrogen and oxygen atoms in total. The number of rotatable bonds is 5. The average molecular weight is 241 g/mol. The summed E-state index contributed by atoms with van der Waals surface area (Å²) in [5.41, 5.74) is 6.75. The zero-order valence-corrected chi connectivity index (χ0v) is 10.9. The highest BCUT2D eigenvalue weighted by Crippen LogP contribution is 2.34. The first kappa shape index (κ1) is 13.5. The summed E-state index contributed by atoms with van der Waals surface area (Å²) in [4.78, 5) is 0. The lowest BCUT2D eigenvalue weighted by molar-refractivity contribution is 0.624. The molecule has 0 radical (unpaired) electrons. The molecule has 0 aliphatic heterocycles. The summed E-state index contributed by atoms with van der Waals surface area (Å²) >= 11 is 1.82. The molecule has 0 bridgehead atoms. The average Bonchev–Trinajstić information content (AvgIpc) is 2.25. The Morgan fingerprint density at radius 1 is 1.31 bits per heavy atom. The fourth-order valence-electron chi connectivity index (χ4n) is 1.39. The minimum atomic E-state index is -0.186. The molecule has 0 aromatic heterocycles. The largest absolute Gasteiger partial charge is 0.329 e. The molecule has 2 atom stereocenters. The second-order valence-electron chi connectivity index (χ2n) is 4.36. The quantitative estimate of drug-likeness (QED) is 0.852. The van der Waals surface area contributed by atoms with Gasteiger partial charge in [0.25, 0.3) is 0 Å². The van der Waals surface area contributed by atoms with Crippen LogP contribution in [0, 0.1) is 11.7 Å². The zero-order valence-electron chi connectivity index (χ0n) is 10.1. The monoisotopic (exact) mass is 241 g/mol. The standard InChI is InChI=1S/C13H20FNS/c1-9(2)10(3)16-13(8-15)11-5-4-6-12(14)7-11/h4-7,9-10,13H,8,15H2,1-3H3. The second-order valence-corrected chi connectivity index (χ2v) is 5.95. The Kier molecular flexibility index (Phi) is 5.29. The van der Waals surface area contributed by atoms with Crippen LogP contribution in [-0.2, 0) is 0 Å². The molecule has 0 fully saturated rings. The summed E-state index contributed by atoms with van der Waals surface area (Å²) in [7, 11) is 0. The normalized spacial score (nSPS) is 15.1. The number of hydrogen-bond donors (Lipinski definition) is 1. The van der Waals surface area contributed by atoms with E-state index in [4.69, 9.17) is 5.73 Å². The maximum absolute atomic E-state index is 13.1. The first-order chi connectivity index (χ1) is 7.54. The van der Waals surface area contributed by atoms with Gasteiger partial charge in [-0.05, 0) is 23.6 Å². The summed E-state index contributed by atoms with van der Waals surface area (Å²) in [6.07, 6.45) is 0. The van der Waals surface area contributed by atoms with Gasteiger partial charge in [0.1, 0.15) is 5.82 Å². The smallest absolute Gasteiger partial charge is 0.123 e. The maximum Gasteiger partial charge on any atom is 0.123 e. The number of nitrogens with two attached hydrogens (primary N) is 1. The molecular formula is C13H20FNS. The van der Waals surface area contributed by atoms with E-state index in [1.807, 2.05) is 17.8 Å². The molecule has 2 unspecified atom stereocenters. The van der Waals surface area contributed by atoms with Crippen LogP contribution in [0.25, 0.3) is 0 Å². The number of benzene rings is 1. The third-order valence-corrected chi connectivity index (χ3v) is 4.52. The lowest BCUT2D eigenvalue weighted by atomic mass is 10.1. The molecule has 16 heavy (non-hydrogen) atoms. The molecule has 0 spiro atoms. The Morgan fingerprint density at radius 2 is 2.00 bits per heavy atom. The van der Waals surface area contributed by atoms with Crippen LogP contribution < -0.4 is 5.73 Å². The van der Waals surface area contributed by atoms with Gasteiger partial charge in [0.2, 0.25) is 0 Å². The van der Waals surface area contributed by atoms with Crippen molar-refractivity contribution in [3.8, 4) is 0 Å². The molecule has 2 N–H and O–H groups in total. The van der Waals surface area contributed by atoms with Gasteiger partial charge in [-0.15, -0.1) is 11.8 Å². The first-order valence-electron chi connectivity index (χ1n) is 5.65. The van der Waals surface area contributed by atoms with Crippen LogP contribution in [0.2, 0.25) is 0 Å². The maximum atomic E-state index is 13.1. The van der Waals surface area contributed by atoms with Crippen LogP contribution in [0.5, 0.6) is 0 Å². The summed E-state index contributed by atoms with van der Waals surface area (Å²) in [6, 6.07) is 6.74. The molecule has 3 heteroatoms. The van der Waals surface area contributed by atoms with Crippen LogP contribution in [0.15, 0.2) is 24.3 Å². The first-order valence-corrected chi connectivity index (χ1v) is 6.60. The van der Waals surface area contributed by atoms with Crippen molar-refractivity contribution >= 4 is 11.8 Å². The minimum Gasteiger partial charge on any atom is -0.329 e. The van der Waals surface area contributed by atoms with E-state index in [1.165, 1.54) is 6.07 Å². The van der Waals surface area contributed by atoms with Gasteiger partial charge in [0, 0.05) is 17.0 Å². The molecule has 0 saturated heterocycles. The van der Waals surface area contributed by atoms with Crippen molar-refractivity contribution in [1.29, 1.82) is 0 Å². The van der Waals surface area contributed by atoms with Gasteiger partial charge < -0.3 is 5.73 Å². The van der Waals surface area contributed by atoms with E-state index in [0.717, 1.165) is 5.56 Å². The molecule has 1 rings (SSSR count). The van der Waals surface area contributed by atoms with Crippen molar-refractivity contribution < 1.29 is 4.39 Å². The minimum absolute atomic E-state index is 0.186. The summed E-state index contributed by atoms with van der Waals surface area (Å²) in [5.74, 6) is 0.418. The van der Waals surface area contributed by atoms with Gasteiger partial charge in [0.15, 0.2) is 0 Å². The van der Waals surface area contributed by atoms with E-state index in [1.54, 1.807) is 12.1 Å². The van der Waals surface area contributed by atoms with Gasteiger partial charge in [-0.25, -0.2) is 4.39 Å². The van der Waals surface area contributed by atoms with Crippen molar-refractivity contribution in [1.82, 2.24) is 0 Å². The van der Waals surface area contributed by atoms with E-state index >= 15 is 0 Å². The van der Waals surface area contributed by atoms with Gasteiger partial charge in [0.05, 0.1) is 0 Å². The van der Waals surface area contributed by atoms with Crippen molar-refractivity contribution in [3.05, 3.63) is 35.6 Å². The SMILES string of the molecule is CC(C)C(C)SC(CN)c1cccc(F)c1. The zero-order chi connectivity index (χ0) is 12.1. The number of halogens is 1. The van der Waals surface area contributed by atoms with Crippen LogP contribution in [0.3, 0.4) is 0 Å². The molecule has 1 aromatic rings. The molecular weight excluding hydrogens is 221 g/mol. The molecule has 0 amide bonds. The van der Waals surface area contributed by atoms with Gasteiger partial charge >= 0.3 is 0 Å². The second kappa shape index (κ2) is 6.26. The van der Waals surface area contributed by atoms with Crippen molar-refractivity contribution in [2.75, 3.05) is 6.54 Å². The van der Waals surface area contributed by atoms with Crippen LogP contribution in [0.1, 0.15) is 31.6 Å². The molecule has 0 heterocycles. The van der Waals surface area contributed by atoms with Crippen molar-refractivity contribution in [3.63, 3.8) is 0 Å². The number of thioether (sulfide) groups is 1. The molecule has 90 valence electrons. The Bertz CT molecular complexity index is 327. The van der Waals surface area contributed by atoms with Crippen LogP contribution in [-0.4, -0.2) is 11.8 Å². The third-order valence-electron chi connectivity index (χ3n) is 2.75. The van der Waals surface area contributed by atoms with E-state index in [-0.39, 0.29) is 11.1 Å². The third kappa shape index (κ3) is 3.80. The highest BCUT2D eigenvalue weighted by Gasteiger charge is 2.16. The molecule has 0 aliphatic rings. The van der Waals surface area contributed by atoms with E-state index in [2.05, 4.69) is 20.8 Å². The predicted octanol–water partition coefficient (Wildman–Crippen LogP) is 3.60. The molecule has 0 saturated carbocycles. The predicted molar refractivity (Wildman–Crippen MR) is 70.1 cm³/mol. The highest BCUT2D eigenvalue weighted by atomic mass is 32.2. The van der Waals surface area contributed by atoms with Gasteiger partial charge in [-0.2, -0.15) is 0 Å². The van der Waals surface area contributed by atoms with Crippen LogP contribution >= 0.6 is 11.8 Å².